The van der Waals surface area contributed by atoms with Crippen LogP contribution in [0.15, 0.2) is 42.5 Å². The molecule has 0 fully saturated rings. The van der Waals surface area contributed by atoms with Gasteiger partial charge in [-0.15, -0.1) is 0 Å². The van der Waals surface area contributed by atoms with Crippen molar-refractivity contribution < 1.29 is 14.2 Å². The Balaban J connectivity index is 2.01. The van der Waals surface area contributed by atoms with Gasteiger partial charge in [0.1, 0.15) is 5.75 Å². The number of hydrogen-bond donors (Lipinski definition) is 2. The van der Waals surface area contributed by atoms with E-state index in [2.05, 4.69) is 5.32 Å². The van der Waals surface area contributed by atoms with E-state index in [-0.39, 0.29) is 5.75 Å². The van der Waals surface area contributed by atoms with Crippen LogP contribution in [0.4, 0.5) is 10.1 Å². The molecule has 0 aromatic heterocycles. The van der Waals surface area contributed by atoms with Crippen molar-refractivity contribution in [1.29, 1.82) is 0 Å². The zero-order valence-electron chi connectivity index (χ0n) is 10.7. The van der Waals surface area contributed by atoms with Crippen molar-refractivity contribution in [2.75, 3.05) is 11.9 Å². The summed E-state index contributed by atoms with van der Waals surface area (Å²) in [6.45, 7) is 3.12. The predicted molar refractivity (Wildman–Crippen MR) is 73.0 cm³/mol. The Hall–Kier alpha value is -2.23. The maximum Gasteiger partial charge on any atom is 0.166 e. The Morgan fingerprint density at radius 1 is 1.21 bits per heavy atom. The van der Waals surface area contributed by atoms with E-state index < -0.39 is 5.82 Å². The molecule has 0 aliphatic rings. The molecule has 0 saturated carbocycles. The summed E-state index contributed by atoms with van der Waals surface area (Å²) in [7, 11) is 0. The third kappa shape index (κ3) is 3.61. The molecule has 2 rings (SSSR count). The van der Waals surface area contributed by atoms with Crippen molar-refractivity contribution in [1.82, 2.24) is 0 Å². The molecule has 0 bridgehead atoms. The van der Waals surface area contributed by atoms with E-state index in [9.17, 15) is 4.39 Å². The second-order valence-electron chi connectivity index (χ2n) is 4.10. The van der Waals surface area contributed by atoms with Crippen LogP contribution in [0.3, 0.4) is 0 Å². The largest absolute Gasteiger partial charge is 0.505 e. The molecule has 2 N–H and O–H groups in total. The molecule has 0 heterocycles. The summed E-state index contributed by atoms with van der Waals surface area (Å²) < 4.78 is 18.6. The molecule has 0 spiro atoms. The zero-order valence-corrected chi connectivity index (χ0v) is 10.7. The number of ether oxygens (including phenoxy) is 1. The molecule has 0 atom stereocenters. The Morgan fingerprint density at radius 3 is 2.79 bits per heavy atom. The summed E-state index contributed by atoms with van der Waals surface area (Å²) in [5.41, 5.74) is 1.66. The Kier molecular flexibility index (Phi) is 4.23. The van der Waals surface area contributed by atoms with Crippen molar-refractivity contribution >= 4 is 5.69 Å². The van der Waals surface area contributed by atoms with Gasteiger partial charge in [0.05, 0.1) is 6.61 Å². The molecule has 0 unspecified atom stereocenters. The first-order chi connectivity index (χ1) is 9.19. The Labute approximate surface area is 111 Å². The molecule has 3 nitrogen and oxygen atoms in total. The first-order valence-corrected chi connectivity index (χ1v) is 6.13. The maximum atomic E-state index is 13.2. The average Bonchev–Trinajstić information content (AvgIpc) is 2.41. The first-order valence-electron chi connectivity index (χ1n) is 6.13. The standard InChI is InChI=1S/C15H16FNO2/c1-2-19-13-5-3-4-11(8-13)10-17-12-6-7-15(18)14(16)9-12/h3-9,17-18H,2,10H2,1H3. The van der Waals surface area contributed by atoms with Gasteiger partial charge in [-0.3, -0.25) is 0 Å². The van der Waals surface area contributed by atoms with E-state index in [0.29, 0.717) is 18.8 Å². The number of rotatable bonds is 5. The van der Waals surface area contributed by atoms with Crippen LogP contribution < -0.4 is 10.1 Å². The molecule has 2 aromatic rings. The van der Waals surface area contributed by atoms with Crippen LogP contribution >= 0.6 is 0 Å². The number of benzene rings is 2. The van der Waals surface area contributed by atoms with Gasteiger partial charge >= 0.3 is 0 Å². The number of phenolic OH excluding ortho intramolecular Hbond substituents is 1. The van der Waals surface area contributed by atoms with Gasteiger partial charge in [-0.2, -0.15) is 0 Å². The summed E-state index contributed by atoms with van der Waals surface area (Å²) in [4.78, 5) is 0. The highest BCUT2D eigenvalue weighted by Crippen LogP contribution is 2.20. The van der Waals surface area contributed by atoms with Gasteiger partial charge in [0, 0.05) is 18.3 Å². The lowest BCUT2D eigenvalue weighted by molar-refractivity contribution is 0.340. The molecule has 0 amide bonds. The maximum absolute atomic E-state index is 13.2. The van der Waals surface area contributed by atoms with Gasteiger partial charge in [-0.25, -0.2) is 4.39 Å². The molecular weight excluding hydrogens is 245 g/mol. The predicted octanol–water partition coefficient (Wildman–Crippen LogP) is 3.54. The molecule has 4 heteroatoms. The highest BCUT2D eigenvalue weighted by Gasteiger charge is 2.02. The van der Waals surface area contributed by atoms with E-state index in [4.69, 9.17) is 9.84 Å². The second-order valence-corrected chi connectivity index (χ2v) is 4.10. The quantitative estimate of drug-likeness (QED) is 0.809. The fraction of sp³-hybridized carbons (Fsp3) is 0.200. The lowest BCUT2D eigenvalue weighted by atomic mass is 10.2. The van der Waals surface area contributed by atoms with Gasteiger partial charge in [-0.05, 0) is 36.8 Å². The summed E-state index contributed by atoms with van der Waals surface area (Å²) in [6, 6.07) is 11.9. The number of hydrogen-bond acceptors (Lipinski definition) is 3. The zero-order chi connectivity index (χ0) is 13.7. The summed E-state index contributed by atoms with van der Waals surface area (Å²) in [5, 5.41) is 12.2. The van der Waals surface area contributed by atoms with Crippen LogP contribution in [0.25, 0.3) is 0 Å². The smallest absolute Gasteiger partial charge is 0.166 e. The van der Waals surface area contributed by atoms with Crippen molar-refractivity contribution in [3.63, 3.8) is 0 Å². The van der Waals surface area contributed by atoms with E-state index >= 15 is 0 Å². The highest BCUT2D eigenvalue weighted by atomic mass is 19.1. The topological polar surface area (TPSA) is 41.5 Å². The molecule has 0 aliphatic carbocycles. The summed E-state index contributed by atoms with van der Waals surface area (Å²) in [6.07, 6.45) is 0. The van der Waals surface area contributed by atoms with Crippen molar-refractivity contribution in [2.24, 2.45) is 0 Å². The van der Waals surface area contributed by atoms with Gasteiger partial charge < -0.3 is 15.2 Å². The molecular formula is C15H16FNO2. The van der Waals surface area contributed by atoms with E-state index in [1.165, 1.54) is 12.1 Å². The molecule has 19 heavy (non-hydrogen) atoms. The number of halogens is 1. The number of phenols is 1. The van der Waals surface area contributed by atoms with Crippen LogP contribution in [-0.2, 0) is 6.54 Å². The van der Waals surface area contributed by atoms with Gasteiger partial charge in [-0.1, -0.05) is 12.1 Å². The van der Waals surface area contributed by atoms with Gasteiger partial charge in [0.15, 0.2) is 11.6 Å². The number of aromatic hydroxyl groups is 1. The third-order valence-corrected chi connectivity index (χ3v) is 2.65. The fourth-order valence-electron chi connectivity index (χ4n) is 1.73. The number of anilines is 1. The highest BCUT2D eigenvalue weighted by molar-refractivity contribution is 5.47. The first kappa shape index (κ1) is 13.2. The number of nitrogens with one attached hydrogen (secondary N) is 1. The lowest BCUT2D eigenvalue weighted by Gasteiger charge is -2.09. The normalized spacial score (nSPS) is 10.2. The van der Waals surface area contributed by atoms with Crippen LogP contribution in [0.1, 0.15) is 12.5 Å². The second kappa shape index (κ2) is 6.09. The van der Waals surface area contributed by atoms with Crippen molar-refractivity contribution in [3.8, 4) is 11.5 Å². The lowest BCUT2D eigenvalue weighted by Crippen LogP contribution is -2.00. The molecule has 0 radical (unpaired) electrons. The average molecular weight is 261 g/mol. The van der Waals surface area contributed by atoms with E-state index in [1.807, 2.05) is 31.2 Å². The fourth-order valence-corrected chi connectivity index (χ4v) is 1.73. The molecule has 2 aromatic carbocycles. The van der Waals surface area contributed by atoms with E-state index in [0.717, 1.165) is 11.3 Å². The minimum absolute atomic E-state index is 0.344. The minimum atomic E-state index is -0.631. The molecule has 0 aliphatic heterocycles. The monoisotopic (exact) mass is 261 g/mol. The summed E-state index contributed by atoms with van der Waals surface area (Å²) in [5.74, 6) is -0.157. The van der Waals surface area contributed by atoms with Crippen LogP contribution in [0.2, 0.25) is 0 Å². The Morgan fingerprint density at radius 2 is 2.05 bits per heavy atom. The van der Waals surface area contributed by atoms with Crippen LogP contribution in [0.5, 0.6) is 11.5 Å². The third-order valence-electron chi connectivity index (χ3n) is 2.65. The van der Waals surface area contributed by atoms with Crippen molar-refractivity contribution in [3.05, 3.63) is 53.8 Å². The van der Waals surface area contributed by atoms with Crippen LogP contribution in [-0.4, -0.2) is 11.7 Å². The van der Waals surface area contributed by atoms with Gasteiger partial charge in [0.2, 0.25) is 0 Å². The summed E-state index contributed by atoms with van der Waals surface area (Å²) >= 11 is 0. The molecule has 0 saturated heterocycles. The Bertz CT molecular complexity index is 558. The van der Waals surface area contributed by atoms with Crippen molar-refractivity contribution in [2.45, 2.75) is 13.5 Å². The van der Waals surface area contributed by atoms with E-state index in [1.54, 1.807) is 6.07 Å². The van der Waals surface area contributed by atoms with Gasteiger partial charge in [0.25, 0.3) is 0 Å². The minimum Gasteiger partial charge on any atom is -0.505 e. The molecule has 100 valence electrons. The van der Waals surface area contributed by atoms with Crippen LogP contribution in [0, 0.1) is 5.82 Å². The SMILES string of the molecule is CCOc1cccc(CNc2ccc(O)c(F)c2)c1.